The van der Waals surface area contributed by atoms with E-state index in [2.05, 4.69) is 35.1 Å². The summed E-state index contributed by atoms with van der Waals surface area (Å²) >= 11 is 0. The Balaban J connectivity index is 2.25. The number of pyridine rings is 2. The van der Waals surface area contributed by atoms with Gasteiger partial charge in [0.2, 0.25) is 0 Å². The van der Waals surface area contributed by atoms with Crippen LogP contribution in [0.2, 0.25) is 0 Å². The summed E-state index contributed by atoms with van der Waals surface area (Å²) < 4.78 is 0. The first-order chi connectivity index (χ1) is 9.36. The lowest BCUT2D eigenvalue weighted by Gasteiger charge is -2.11. The average Bonchev–Trinajstić information content (AvgIpc) is 2.49. The second-order valence-electron chi connectivity index (χ2n) is 4.43. The summed E-state index contributed by atoms with van der Waals surface area (Å²) in [5, 5.41) is 0. The fraction of sp³-hybridized carbons (Fsp3) is 0.0588. The molecule has 2 nitrogen and oxygen atoms in total. The highest BCUT2D eigenvalue weighted by Gasteiger charge is 2.11. The predicted molar refractivity (Wildman–Crippen MR) is 77.6 cm³/mol. The number of benzene rings is 1. The lowest BCUT2D eigenvalue weighted by Crippen LogP contribution is -1.92. The molecule has 0 aliphatic rings. The highest BCUT2D eigenvalue weighted by molar-refractivity contribution is 5.82. The zero-order valence-electron chi connectivity index (χ0n) is 10.7. The van der Waals surface area contributed by atoms with Gasteiger partial charge in [0.05, 0.1) is 11.4 Å². The zero-order chi connectivity index (χ0) is 13.1. The van der Waals surface area contributed by atoms with E-state index in [9.17, 15) is 0 Å². The minimum Gasteiger partial charge on any atom is -0.256 e. The summed E-state index contributed by atoms with van der Waals surface area (Å²) in [5.41, 5.74) is 5.45. The molecule has 0 unspecified atom stereocenters. The maximum absolute atomic E-state index is 4.47. The van der Waals surface area contributed by atoms with Crippen molar-refractivity contribution in [1.29, 1.82) is 0 Å². The molecular weight excluding hydrogens is 232 g/mol. The standard InChI is InChI=1S/C17H14N2/c1-13-7-6-8-14(15-9-2-4-11-18-15)17(13)16-10-3-5-12-19-16/h2-12H,1H3. The lowest BCUT2D eigenvalue weighted by molar-refractivity contribution is 1.28. The van der Waals surface area contributed by atoms with Gasteiger partial charge in [-0.1, -0.05) is 30.3 Å². The molecule has 92 valence electrons. The van der Waals surface area contributed by atoms with Gasteiger partial charge < -0.3 is 0 Å². The number of aryl methyl sites for hydroxylation is 1. The lowest BCUT2D eigenvalue weighted by atomic mass is 9.96. The zero-order valence-corrected chi connectivity index (χ0v) is 10.7. The van der Waals surface area contributed by atoms with Crippen molar-refractivity contribution in [3.8, 4) is 22.5 Å². The van der Waals surface area contributed by atoms with Crippen molar-refractivity contribution < 1.29 is 0 Å². The molecular formula is C17H14N2. The third-order valence-corrected chi connectivity index (χ3v) is 3.13. The molecule has 1 aromatic carbocycles. The largest absolute Gasteiger partial charge is 0.256 e. The Kier molecular flexibility index (Phi) is 3.07. The van der Waals surface area contributed by atoms with Gasteiger partial charge in [-0.05, 0) is 36.8 Å². The minimum atomic E-state index is 0.979. The molecule has 0 amide bonds. The van der Waals surface area contributed by atoms with Gasteiger partial charge >= 0.3 is 0 Å². The monoisotopic (exact) mass is 246 g/mol. The molecule has 0 saturated heterocycles. The first-order valence-electron chi connectivity index (χ1n) is 6.28. The van der Waals surface area contributed by atoms with Gasteiger partial charge in [-0.15, -0.1) is 0 Å². The second kappa shape index (κ2) is 5.02. The van der Waals surface area contributed by atoms with Crippen LogP contribution in [0.5, 0.6) is 0 Å². The third kappa shape index (κ3) is 2.25. The van der Waals surface area contributed by atoms with Crippen LogP contribution in [0, 0.1) is 6.92 Å². The van der Waals surface area contributed by atoms with Crippen molar-refractivity contribution in [3.05, 3.63) is 72.6 Å². The summed E-state index contributed by atoms with van der Waals surface area (Å²) in [7, 11) is 0. The van der Waals surface area contributed by atoms with Crippen LogP contribution in [0.4, 0.5) is 0 Å². The van der Waals surface area contributed by atoms with Crippen molar-refractivity contribution in [2.24, 2.45) is 0 Å². The second-order valence-corrected chi connectivity index (χ2v) is 4.43. The van der Waals surface area contributed by atoms with E-state index in [1.807, 2.05) is 48.8 Å². The van der Waals surface area contributed by atoms with Crippen LogP contribution in [0.1, 0.15) is 5.56 Å². The molecule has 0 aliphatic carbocycles. The number of aromatic nitrogens is 2. The number of nitrogens with zero attached hydrogens (tertiary/aromatic N) is 2. The van der Waals surface area contributed by atoms with E-state index in [-0.39, 0.29) is 0 Å². The van der Waals surface area contributed by atoms with E-state index in [4.69, 9.17) is 0 Å². The molecule has 0 saturated carbocycles. The van der Waals surface area contributed by atoms with Crippen LogP contribution in [0.25, 0.3) is 22.5 Å². The molecule has 2 heteroatoms. The molecule has 0 radical (unpaired) electrons. The fourth-order valence-electron chi connectivity index (χ4n) is 2.25. The molecule has 0 bridgehead atoms. The van der Waals surface area contributed by atoms with Crippen molar-refractivity contribution >= 4 is 0 Å². The van der Waals surface area contributed by atoms with E-state index in [1.54, 1.807) is 0 Å². The molecule has 19 heavy (non-hydrogen) atoms. The summed E-state index contributed by atoms with van der Waals surface area (Å²) in [6.07, 6.45) is 3.64. The summed E-state index contributed by atoms with van der Waals surface area (Å²) in [6, 6.07) is 18.2. The highest BCUT2D eigenvalue weighted by atomic mass is 14.7. The van der Waals surface area contributed by atoms with Gasteiger partial charge in [0, 0.05) is 23.5 Å². The van der Waals surface area contributed by atoms with Crippen LogP contribution in [-0.2, 0) is 0 Å². The average molecular weight is 246 g/mol. The maximum atomic E-state index is 4.47. The number of hydrogen-bond acceptors (Lipinski definition) is 2. The summed E-state index contributed by atoms with van der Waals surface area (Å²) in [6.45, 7) is 2.11. The molecule has 3 aromatic rings. The topological polar surface area (TPSA) is 25.8 Å². The van der Waals surface area contributed by atoms with Gasteiger partial charge in [0.1, 0.15) is 0 Å². The fourth-order valence-corrected chi connectivity index (χ4v) is 2.25. The Hall–Kier alpha value is -2.48. The SMILES string of the molecule is Cc1cccc(-c2ccccn2)c1-c1ccccn1. The highest BCUT2D eigenvalue weighted by Crippen LogP contribution is 2.32. The Bertz CT molecular complexity index is 676. The van der Waals surface area contributed by atoms with Crippen molar-refractivity contribution in [2.75, 3.05) is 0 Å². The summed E-state index contributed by atoms with van der Waals surface area (Å²) in [4.78, 5) is 8.92. The molecule has 0 fully saturated rings. The van der Waals surface area contributed by atoms with Crippen molar-refractivity contribution in [3.63, 3.8) is 0 Å². The minimum absolute atomic E-state index is 0.979. The van der Waals surface area contributed by atoms with Gasteiger partial charge in [-0.3, -0.25) is 9.97 Å². The van der Waals surface area contributed by atoms with Crippen LogP contribution in [0.15, 0.2) is 67.0 Å². The third-order valence-electron chi connectivity index (χ3n) is 3.13. The Morgan fingerprint density at radius 1 is 0.684 bits per heavy atom. The van der Waals surface area contributed by atoms with Gasteiger partial charge in [-0.25, -0.2) is 0 Å². The van der Waals surface area contributed by atoms with Crippen molar-refractivity contribution in [1.82, 2.24) is 9.97 Å². The van der Waals surface area contributed by atoms with Crippen LogP contribution < -0.4 is 0 Å². The van der Waals surface area contributed by atoms with Crippen LogP contribution >= 0.6 is 0 Å². The molecule has 2 aromatic heterocycles. The van der Waals surface area contributed by atoms with Gasteiger partial charge in [0.25, 0.3) is 0 Å². The smallest absolute Gasteiger partial charge is 0.0711 e. The first kappa shape index (κ1) is 11.6. The van der Waals surface area contributed by atoms with Gasteiger partial charge in [0.15, 0.2) is 0 Å². The molecule has 0 aliphatic heterocycles. The van der Waals surface area contributed by atoms with Crippen molar-refractivity contribution in [2.45, 2.75) is 6.92 Å². The van der Waals surface area contributed by atoms with E-state index in [0.717, 1.165) is 22.5 Å². The Morgan fingerprint density at radius 3 is 2.00 bits per heavy atom. The van der Waals surface area contributed by atoms with E-state index in [0.29, 0.717) is 0 Å². The number of hydrogen-bond donors (Lipinski definition) is 0. The molecule has 0 spiro atoms. The maximum Gasteiger partial charge on any atom is 0.0711 e. The van der Waals surface area contributed by atoms with Gasteiger partial charge in [-0.2, -0.15) is 0 Å². The van der Waals surface area contributed by atoms with Crippen LogP contribution in [0.3, 0.4) is 0 Å². The summed E-state index contributed by atoms with van der Waals surface area (Å²) in [5.74, 6) is 0. The molecule has 0 N–H and O–H groups in total. The quantitative estimate of drug-likeness (QED) is 0.679. The predicted octanol–water partition coefficient (Wildman–Crippen LogP) is 4.12. The Morgan fingerprint density at radius 2 is 1.37 bits per heavy atom. The normalized spacial score (nSPS) is 10.4. The van der Waals surface area contributed by atoms with E-state index in [1.165, 1.54) is 5.56 Å². The molecule has 0 atom stereocenters. The van der Waals surface area contributed by atoms with E-state index >= 15 is 0 Å². The first-order valence-corrected chi connectivity index (χ1v) is 6.28. The molecule has 3 rings (SSSR count). The molecule has 2 heterocycles. The van der Waals surface area contributed by atoms with Crippen LogP contribution in [-0.4, -0.2) is 9.97 Å². The van der Waals surface area contributed by atoms with E-state index < -0.39 is 0 Å². The Labute approximate surface area is 112 Å². The number of rotatable bonds is 2.